The molecule has 6 heteroatoms. The number of likely N-dealkylation sites (tertiary alicyclic amines) is 1. The lowest BCUT2D eigenvalue weighted by atomic mass is 9.80. The van der Waals surface area contributed by atoms with Crippen LogP contribution in [0.5, 0.6) is 0 Å². The zero-order chi connectivity index (χ0) is 17.7. The van der Waals surface area contributed by atoms with E-state index in [0.717, 1.165) is 44.1 Å². The average Bonchev–Trinajstić information content (AvgIpc) is 2.96. The summed E-state index contributed by atoms with van der Waals surface area (Å²) in [5.74, 6) is 2.52. The van der Waals surface area contributed by atoms with Crippen molar-refractivity contribution < 1.29 is 9.21 Å². The molecule has 138 valence electrons. The number of hydrogen-bond acceptors (Lipinski definition) is 4. The average molecular weight is 346 g/mol. The molecule has 0 bridgehead atoms. The van der Waals surface area contributed by atoms with Gasteiger partial charge in [0.2, 0.25) is 11.8 Å². The molecule has 6 nitrogen and oxygen atoms in total. The third-order valence-electron chi connectivity index (χ3n) is 6.10. The van der Waals surface area contributed by atoms with Crippen molar-refractivity contribution in [2.75, 3.05) is 19.6 Å². The van der Waals surface area contributed by atoms with Crippen LogP contribution in [0.25, 0.3) is 0 Å². The molecule has 3 aliphatic rings. The van der Waals surface area contributed by atoms with Gasteiger partial charge < -0.3 is 14.6 Å². The number of aromatic nitrogens is 2. The quantitative estimate of drug-likeness (QED) is 0.906. The van der Waals surface area contributed by atoms with Crippen LogP contribution in [0.4, 0.5) is 4.79 Å². The van der Waals surface area contributed by atoms with Gasteiger partial charge in [-0.25, -0.2) is 4.79 Å². The summed E-state index contributed by atoms with van der Waals surface area (Å²) in [4.78, 5) is 14.6. The zero-order valence-corrected chi connectivity index (χ0v) is 15.7. The third kappa shape index (κ3) is 3.27. The molecule has 2 saturated carbocycles. The number of urea groups is 1. The molecule has 0 radical (unpaired) electrons. The minimum atomic E-state index is -0.110. The Morgan fingerprint density at radius 1 is 1.32 bits per heavy atom. The maximum absolute atomic E-state index is 12.6. The molecule has 2 aliphatic carbocycles. The summed E-state index contributed by atoms with van der Waals surface area (Å²) in [5.41, 5.74) is 0.125. The molecule has 1 saturated heterocycles. The number of rotatable bonds is 4. The van der Waals surface area contributed by atoms with Gasteiger partial charge >= 0.3 is 6.03 Å². The fraction of sp³-hybridized carbons (Fsp3) is 0.842. The second-order valence-corrected chi connectivity index (χ2v) is 9.39. The molecule has 1 N–H and O–H groups in total. The summed E-state index contributed by atoms with van der Waals surface area (Å²) in [6, 6.07) is 0.0555. The van der Waals surface area contributed by atoms with Crippen LogP contribution in [0.3, 0.4) is 0 Å². The monoisotopic (exact) mass is 346 g/mol. The normalized spacial score (nSPS) is 29.1. The van der Waals surface area contributed by atoms with Crippen molar-refractivity contribution in [3.05, 3.63) is 11.8 Å². The number of carbonyl (C=O) groups excluding carboxylic acids is 1. The van der Waals surface area contributed by atoms with E-state index in [-0.39, 0.29) is 16.9 Å². The molecule has 3 fully saturated rings. The van der Waals surface area contributed by atoms with E-state index in [4.69, 9.17) is 4.42 Å². The smallest absolute Gasteiger partial charge is 0.317 e. The summed E-state index contributed by atoms with van der Waals surface area (Å²) in [6.07, 6.45) is 6.70. The molecule has 25 heavy (non-hydrogen) atoms. The highest BCUT2D eigenvalue weighted by Crippen LogP contribution is 2.51. The van der Waals surface area contributed by atoms with Crippen molar-refractivity contribution in [1.82, 2.24) is 20.4 Å². The van der Waals surface area contributed by atoms with E-state index in [1.165, 1.54) is 19.3 Å². The molecule has 0 aromatic carbocycles. The van der Waals surface area contributed by atoms with Gasteiger partial charge in [0.15, 0.2) is 0 Å². The van der Waals surface area contributed by atoms with Gasteiger partial charge in [-0.15, -0.1) is 10.2 Å². The summed E-state index contributed by atoms with van der Waals surface area (Å²) >= 11 is 0. The van der Waals surface area contributed by atoms with Crippen LogP contribution in [0.2, 0.25) is 0 Å². The Bertz CT molecular complexity index is 646. The Kier molecular flexibility index (Phi) is 4.04. The highest BCUT2D eigenvalue weighted by atomic mass is 16.4. The summed E-state index contributed by atoms with van der Waals surface area (Å²) in [5, 5.41) is 11.8. The van der Waals surface area contributed by atoms with Crippen LogP contribution >= 0.6 is 0 Å². The molecule has 0 unspecified atom stereocenters. The van der Waals surface area contributed by atoms with E-state index in [1.807, 2.05) is 4.90 Å². The second-order valence-electron chi connectivity index (χ2n) is 9.39. The van der Waals surface area contributed by atoms with Gasteiger partial charge in [-0.2, -0.15) is 0 Å². The minimum Gasteiger partial charge on any atom is -0.424 e. The lowest BCUT2D eigenvalue weighted by molar-refractivity contribution is 0.200. The number of fused-ring (bicyclic) bond motifs is 1. The number of nitrogens with zero attached hydrogens (tertiary/aromatic N) is 3. The molecule has 2 atom stereocenters. The number of amides is 2. The molecule has 1 aromatic rings. The first-order chi connectivity index (χ1) is 11.9. The zero-order valence-electron chi connectivity index (χ0n) is 15.7. The highest BCUT2D eigenvalue weighted by molar-refractivity contribution is 5.74. The van der Waals surface area contributed by atoms with Crippen LogP contribution in [0.15, 0.2) is 4.42 Å². The van der Waals surface area contributed by atoms with Gasteiger partial charge in [0.25, 0.3) is 0 Å². The van der Waals surface area contributed by atoms with E-state index < -0.39 is 0 Å². The standard InChI is InChI=1S/C19H30N4O2/c1-18(2,3)9-10-20-17(24)23-11-14-5-4-8-19(14,12-23)16-22-21-15(25-16)13-6-7-13/h13-14H,4-12H2,1-3H3,(H,20,24)/t14-,19-/m0/s1. The van der Waals surface area contributed by atoms with E-state index in [1.54, 1.807) is 0 Å². The van der Waals surface area contributed by atoms with Gasteiger partial charge in [-0.3, -0.25) is 0 Å². The first kappa shape index (κ1) is 16.9. The van der Waals surface area contributed by atoms with Crippen molar-refractivity contribution in [2.45, 2.75) is 70.6 Å². The third-order valence-corrected chi connectivity index (χ3v) is 6.10. The van der Waals surface area contributed by atoms with Crippen LogP contribution in [0.1, 0.15) is 77.0 Å². The predicted octanol–water partition coefficient (Wildman–Crippen LogP) is 3.45. The van der Waals surface area contributed by atoms with Crippen molar-refractivity contribution in [3.63, 3.8) is 0 Å². The number of nitrogens with one attached hydrogen (secondary N) is 1. The molecule has 4 rings (SSSR count). The highest BCUT2D eigenvalue weighted by Gasteiger charge is 2.55. The van der Waals surface area contributed by atoms with Gasteiger partial charge in [0.05, 0.1) is 5.41 Å². The molecule has 2 heterocycles. The summed E-state index contributed by atoms with van der Waals surface area (Å²) in [6.45, 7) is 8.83. The Morgan fingerprint density at radius 2 is 2.12 bits per heavy atom. The lowest BCUT2D eigenvalue weighted by Crippen LogP contribution is -2.41. The van der Waals surface area contributed by atoms with E-state index in [2.05, 4.69) is 36.3 Å². The first-order valence-electron chi connectivity index (χ1n) is 9.74. The Hall–Kier alpha value is -1.59. The molecular formula is C19H30N4O2. The van der Waals surface area contributed by atoms with Crippen molar-refractivity contribution >= 4 is 6.03 Å². The molecule has 1 aromatic heterocycles. The van der Waals surface area contributed by atoms with Gasteiger partial charge in [-0.05, 0) is 43.4 Å². The molecule has 2 amide bonds. The largest absolute Gasteiger partial charge is 0.424 e. The lowest BCUT2D eigenvalue weighted by Gasteiger charge is -2.25. The predicted molar refractivity (Wildman–Crippen MR) is 94.3 cm³/mol. The minimum absolute atomic E-state index is 0.0555. The Labute approximate surface area is 149 Å². The van der Waals surface area contributed by atoms with Gasteiger partial charge in [0.1, 0.15) is 0 Å². The first-order valence-corrected chi connectivity index (χ1v) is 9.74. The van der Waals surface area contributed by atoms with Crippen molar-refractivity contribution in [3.8, 4) is 0 Å². The van der Waals surface area contributed by atoms with Crippen LogP contribution in [-0.2, 0) is 5.41 Å². The Morgan fingerprint density at radius 3 is 2.84 bits per heavy atom. The maximum Gasteiger partial charge on any atom is 0.317 e. The number of hydrogen-bond donors (Lipinski definition) is 1. The Balaban J connectivity index is 1.43. The van der Waals surface area contributed by atoms with E-state index in [9.17, 15) is 4.79 Å². The van der Waals surface area contributed by atoms with Crippen LogP contribution in [0, 0.1) is 11.3 Å². The van der Waals surface area contributed by atoms with Gasteiger partial charge in [-0.1, -0.05) is 27.2 Å². The van der Waals surface area contributed by atoms with Crippen LogP contribution < -0.4 is 5.32 Å². The fourth-order valence-corrected chi connectivity index (χ4v) is 4.38. The topological polar surface area (TPSA) is 71.3 Å². The van der Waals surface area contributed by atoms with E-state index in [0.29, 0.717) is 18.4 Å². The molecule has 0 spiro atoms. The second kappa shape index (κ2) is 5.99. The van der Waals surface area contributed by atoms with Crippen molar-refractivity contribution in [1.29, 1.82) is 0 Å². The fourth-order valence-electron chi connectivity index (χ4n) is 4.38. The number of carbonyl (C=O) groups is 1. The van der Waals surface area contributed by atoms with Gasteiger partial charge in [0, 0.05) is 25.6 Å². The SMILES string of the molecule is CC(C)(C)CCNC(=O)N1C[C@@H]2CCC[C@]2(c2nnc(C3CC3)o2)C1. The van der Waals surface area contributed by atoms with E-state index >= 15 is 0 Å². The summed E-state index contributed by atoms with van der Waals surface area (Å²) in [7, 11) is 0. The molecule has 1 aliphatic heterocycles. The maximum atomic E-state index is 12.6. The van der Waals surface area contributed by atoms with Crippen LogP contribution in [-0.4, -0.2) is 40.8 Å². The molecular weight excluding hydrogens is 316 g/mol. The summed E-state index contributed by atoms with van der Waals surface area (Å²) < 4.78 is 6.07. The van der Waals surface area contributed by atoms with Crippen molar-refractivity contribution in [2.24, 2.45) is 11.3 Å².